The summed E-state index contributed by atoms with van der Waals surface area (Å²) in [6, 6.07) is 15.2. The molecule has 30 heavy (non-hydrogen) atoms. The molecule has 2 aliphatic rings. The lowest BCUT2D eigenvalue weighted by Crippen LogP contribution is -2.52. The van der Waals surface area contributed by atoms with E-state index in [9.17, 15) is 9.65 Å². The highest BCUT2D eigenvalue weighted by Gasteiger charge is 2.40. The third-order valence-electron chi connectivity index (χ3n) is 6.59. The number of piperazine rings is 1. The van der Waals surface area contributed by atoms with Crippen LogP contribution in [0.1, 0.15) is 31.4 Å². The quantitative estimate of drug-likeness (QED) is 0.731. The number of nitriles is 1. The Morgan fingerprint density at radius 1 is 1.07 bits per heavy atom. The molecule has 0 spiro atoms. The van der Waals surface area contributed by atoms with Gasteiger partial charge < -0.3 is 4.74 Å². The molecule has 0 N–H and O–H groups in total. The van der Waals surface area contributed by atoms with Crippen molar-refractivity contribution < 1.29 is 9.13 Å². The molecule has 2 aromatic rings. The van der Waals surface area contributed by atoms with E-state index >= 15 is 0 Å². The van der Waals surface area contributed by atoms with Crippen LogP contribution in [0.15, 0.2) is 48.7 Å². The molecular formula is C24H29FN4O. The van der Waals surface area contributed by atoms with Gasteiger partial charge >= 0.3 is 0 Å². The van der Waals surface area contributed by atoms with Crippen LogP contribution in [0.5, 0.6) is 5.75 Å². The second-order valence-electron chi connectivity index (χ2n) is 8.32. The Bertz CT molecular complexity index is 836. The zero-order chi connectivity index (χ0) is 20.8. The maximum absolute atomic E-state index is 13.0. The molecule has 0 amide bonds. The van der Waals surface area contributed by atoms with Crippen LogP contribution in [0.25, 0.3) is 0 Å². The molecule has 0 bridgehead atoms. The number of rotatable bonds is 6. The largest absolute Gasteiger partial charge is 0.492 e. The number of pyridine rings is 1. The lowest BCUT2D eigenvalue weighted by molar-refractivity contribution is 0.0644. The van der Waals surface area contributed by atoms with Gasteiger partial charge in [0.1, 0.15) is 18.2 Å². The van der Waals surface area contributed by atoms with E-state index in [2.05, 4.69) is 20.9 Å². The summed E-state index contributed by atoms with van der Waals surface area (Å²) in [6.07, 6.45) is 5.67. The first-order valence-electron chi connectivity index (χ1n) is 10.9. The molecule has 1 saturated heterocycles. The molecule has 5 nitrogen and oxygen atoms in total. The van der Waals surface area contributed by atoms with E-state index < -0.39 is 5.41 Å². The Morgan fingerprint density at radius 2 is 1.80 bits per heavy atom. The van der Waals surface area contributed by atoms with Gasteiger partial charge in [0.15, 0.2) is 0 Å². The van der Waals surface area contributed by atoms with E-state index in [1.807, 2.05) is 18.2 Å². The van der Waals surface area contributed by atoms with E-state index in [1.54, 1.807) is 18.3 Å². The third-order valence-corrected chi connectivity index (χ3v) is 6.59. The highest BCUT2D eigenvalue weighted by Crippen LogP contribution is 2.39. The van der Waals surface area contributed by atoms with Gasteiger partial charge in [-0.05, 0) is 62.1 Å². The summed E-state index contributed by atoms with van der Waals surface area (Å²) in [5.74, 6) is 0.472. The van der Waals surface area contributed by atoms with Crippen LogP contribution in [0.3, 0.4) is 0 Å². The fourth-order valence-electron chi connectivity index (χ4n) is 4.71. The van der Waals surface area contributed by atoms with E-state index in [0.29, 0.717) is 18.4 Å². The molecule has 1 saturated carbocycles. The van der Waals surface area contributed by atoms with Crippen LogP contribution >= 0.6 is 0 Å². The fourth-order valence-corrected chi connectivity index (χ4v) is 4.71. The van der Waals surface area contributed by atoms with E-state index in [-0.39, 0.29) is 5.82 Å². The second kappa shape index (κ2) is 9.55. The minimum absolute atomic E-state index is 0.242. The van der Waals surface area contributed by atoms with Crippen molar-refractivity contribution in [2.45, 2.75) is 37.1 Å². The fraction of sp³-hybridized carbons (Fsp3) is 0.500. The monoisotopic (exact) mass is 408 g/mol. The van der Waals surface area contributed by atoms with Gasteiger partial charge in [0, 0.05) is 45.0 Å². The number of hydrogen-bond acceptors (Lipinski definition) is 5. The maximum Gasteiger partial charge on any atom is 0.123 e. The van der Waals surface area contributed by atoms with Crippen molar-refractivity contribution in [3.63, 3.8) is 0 Å². The Kier molecular flexibility index (Phi) is 6.61. The third kappa shape index (κ3) is 4.80. The van der Waals surface area contributed by atoms with Gasteiger partial charge in [0.25, 0.3) is 0 Å². The molecule has 0 unspecified atom stereocenters. The zero-order valence-electron chi connectivity index (χ0n) is 17.3. The Balaban J connectivity index is 1.20. The smallest absolute Gasteiger partial charge is 0.123 e. The highest BCUT2D eigenvalue weighted by atomic mass is 19.1. The Morgan fingerprint density at radius 3 is 2.43 bits per heavy atom. The van der Waals surface area contributed by atoms with Gasteiger partial charge in [0.2, 0.25) is 0 Å². The van der Waals surface area contributed by atoms with Crippen molar-refractivity contribution in [1.29, 1.82) is 5.26 Å². The SMILES string of the molecule is N#CC1(c2ccccn2)CCC(N2CCN(CCOc3ccc(F)cc3)CC2)CC1. The summed E-state index contributed by atoms with van der Waals surface area (Å²) < 4.78 is 18.7. The second-order valence-corrected chi connectivity index (χ2v) is 8.32. The van der Waals surface area contributed by atoms with Crippen LogP contribution in [-0.4, -0.2) is 60.2 Å². The molecule has 0 atom stereocenters. The molecule has 1 aliphatic carbocycles. The molecule has 1 aromatic carbocycles. The molecule has 2 fully saturated rings. The summed E-state index contributed by atoms with van der Waals surface area (Å²) in [5, 5.41) is 9.86. The van der Waals surface area contributed by atoms with Gasteiger partial charge in [-0.25, -0.2) is 4.39 Å². The summed E-state index contributed by atoms with van der Waals surface area (Å²) in [5.41, 5.74) is 0.508. The predicted octanol–water partition coefficient (Wildman–Crippen LogP) is 3.62. The van der Waals surface area contributed by atoms with Gasteiger partial charge in [-0.2, -0.15) is 5.26 Å². The van der Waals surface area contributed by atoms with Crippen LogP contribution in [0.4, 0.5) is 4.39 Å². The topological polar surface area (TPSA) is 52.4 Å². The summed E-state index contributed by atoms with van der Waals surface area (Å²) in [7, 11) is 0. The molecule has 6 heteroatoms. The molecule has 158 valence electrons. The van der Waals surface area contributed by atoms with Crippen molar-refractivity contribution in [2.75, 3.05) is 39.3 Å². The van der Waals surface area contributed by atoms with Gasteiger partial charge in [-0.3, -0.25) is 14.8 Å². The van der Waals surface area contributed by atoms with Crippen molar-refractivity contribution >= 4 is 0 Å². The van der Waals surface area contributed by atoms with E-state index in [4.69, 9.17) is 4.74 Å². The summed E-state index contributed by atoms with van der Waals surface area (Å²) in [6.45, 7) is 5.69. The molecule has 4 rings (SSSR count). The van der Waals surface area contributed by atoms with Crippen LogP contribution in [0, 0.1) is 17.1 Å². The van der Waals surface area contributed by atoms with E-state index in [0.717, 1.165) is 64.1 Å². The van der Waals surface area contributed by atoms with Crippen molar-refractivity contribution in [3.8, 4) is 11.8 Å². The number of hydrogen-bond donors (Lipinski definition) is 0. The number of ether oxygens (including phenoxy) is 1. The molecular weight excluding hydrogens is 379 g/mol. The van der Waals surface area contributed by atoms with Crippen LogP contribution in [-0.2, 0) is 5.41 Å². The summed E-state index contributed by atoms with van der Waals surface area (Å²) in [4.78, 5) is 9.50. The normalized spacial score (nSPS) is 25.5. The Labute approximate surface area is 178 Å². The average molecular weight is 409 g/mol. The van der Waals surface area contributed by atoms with Gasteiger partial charge in [-0.15, -0.1) is 0 Å². The van der Waals surface area contributed by atoms with E-state index in [1.165, 1.54) is 12.1 Å². The lowest BCUT2D eigenvalue weighted by Gasteiger charge is -2.43. The standard InChI is InChI=1S/C24H29FN4O/c25-20-4-6-22(7-5-20)30-18-17-28-13-15-29(16-14-28)21-8-10-24(19-26,11-9-21)23-3-1-2-12-27-23/h1-7,12,21H,8-11,13-18H2. The first kappa shape index (κ1) is 20.8. The average Bonchev–Trinajstić information content (AvgIpc) is 2.81. The maximum atomic E-state index is 13.0. The molecule has 0 radical (unpaired) electrons. The van der Waals surface area contributed by atoms with Gasteiger partial charge in [-0.1, -0.05) is 6.07 Å². The molecule has 1 aromatic heterocycles. The molecule has 1 aliphatic heterocycles. The minimum atomic E-state index is -0.419. The Hall–Kier alpha value is -2.49. The number of benzene rings is 1. The minimum Gasteiger partial charge on any atom is -0.492 e. The lowest BCUT2D eigenvalue weighted by atomic mass is 9.71. The van der Waals surface area contributed by atoms with Gasteiger partial charge in [0.05, 0.1) is 17.2 Å². The number of nitrogens with zero attached hydrogens (tertiary/aromatic N) is 4. The first-order valence-corrected chi connectivity index (χ1v) is 10.9. The predicted molar refractivity (Wildman–Crippen MR) is 114 cm³/mol. The van der Waals surface area contributed by atoms with Crippen LogP contribution in [0.2, 0.25) is 0 Å². The van der Waals surface area contributed by atoms with Crippen molar-refractivity contribution in [2.24, 2.45) is 0 Å². The number of halogens is 1. The summed E-state index contributed by atoms with van der Waals surface area (Å²) >= 11 is 0. The van der Waals surface area contributed by atoms with Crippen LogP contribution < -0.4 is 4.74 Å². The number of aromatic nitrogens is 1. The first-order chi connectivity index (χ1) is 14.7. The molecule has 2 heterocycles. The van der Waals surface area contributed by atoms with Crippen molar-refractivity contribution in [1.82, 2.24) is 14.8 Å². The zero-order valence-corrected chi connectivity index (χ0v) is 17.3. The highest BCUT2D eigenvalue weighted by molar-refractivity contribution is 5.27. The van der Waals surface area contributed by atoms with Crippen molar-refractivity contribution in [3.05, 3.63) is 60.2 Å².